The number of piperidine rings is 1. The summed E-state index contributed by atoms with van der Waals surface area (Å²) in [4.78, 5) is 19.9. The maximum Gasteiger partial charge on any atom is 0.223 e. The van der Waals surface area contributed by atoms with Crippen LogP contribution in [0.25, 0.3) is 11.0 Å². The van der Waals surface area contributed by atoms with Gasteiger partial charge in [0, 0.05) is 25.6 Å². The number of benzene rings is 1. The third kappa shape index (κ3) is 4.03. The van der Waals surface area contributed by atoms with E-state index in [1.807, 2.05) is 14.0 Å². The van der Waals surface area contributed by atoms with Crippen molar-refractivity contribution in [2.45, 2.75) is 64.5 Å². The normalized spacial score (nSPS) is 20.2. The standard InChI is InChI=1S/C22H32N4O/c1-16-24-20-14-17(8-9-21(20)25(16)2)15-23-22(27)18-10-12-26(13-11-18)19-6-4-3-5-7-19/h8-9,14,18-19H,3-7,10-13,15H2,1-2H3,(H,23,27). The Bertz CT molecular complexity index is 798. The maximum atomic E-state index is 12.6. The minimum atomic E-state index is 0.172. The first-order valence-corrected chi connectivity index (χ1v) is 10.6. The van der Waals surface area contributed by atoms with Crippen LogP contribution in [0.1, 0.15) is 56.3 Å². The fourth-order valence-electron chi connectivity index (χ4n) is 4.78. The van der Waals surface area contributed by atoms with Gasteiger partial charge in [0.05, 0.1) is 11.0 Å². The Morgan fingerprint density at radius 2 is 1.89 bits per heavy atom. The minimum absolute atomic E-state index is 0.172. The van der Waals surface area contributed by atoms with E-state index in [-0.39, 0.29) is 11.8 Å². The molecule has 5 nitrogen and oxygen atoms in total. The van der Waals surface area contributed by atoms with Gasteiger partial charge in [0.15, 0.2) is 0 Å². The van der Waals surface area contributed by atoms with Crippen LogP contribution in [-0.2, 0) is 18.4 Å². The lowest BCUT2D eigenvalue weighted by atomic mass is 9.90. The molecule has 2 aliphatic rings. The quantitative estimate of drug-likeness (QED) is 0.898. The smallest absolute Gasteiger partial charge is 0.223 e. The fraction of sp³-hybridized carbons (Fsp3) is 0.636. The molecule has 0 spiro atoms. The van der Waals surface area contributed by atoms with Gasteiger partial charge in [0.1, 0.15) is 5.82 Å². The molecule has 1 N–H and O–H groups in total. The Morgan fingerprint density at radius 1 is 1.15 bits per heavy atom. The second-order valence-corrected chi connectivity index (χ2v) is 8.36. The van der Waals surface area contributed by atoms with Crippen LogP contribution in [0.5, 0.6) is 0 Å². The van der Waals surface area contributed by atoms with Crippen molar-refractivity contribution >= 4 is 16.9 Å². The molecule has 1 aromatic carbocycles. The van der Waals surface area contributed by atoms with Crippen molar-refractivity contribution in [3.8, 4) is 0 Å². The molecule has 1 aliphatic heterocycles. The van der Waals surface area contributed by atoms with Gasteiger partial charge in [-0.3, -0.25) is 4.79 Å². The minimum Gasteiger partial charge on any atom is -0.352 e. The van der Waals surface area contributed by atoms with E-state index in [0.717, 1.165) is 54.4 Å². The van der Waals surface area contributed by atoms with Crippen LogP contribution >= 0.6 is 0 Å². The number of nitrogens with one attached hydrogen (secondary N) is 1. The lowest BCUT2D eigenvalue weighted by Crippen LogP contribution is -2.45. The predicted molar refractivity (Wildman–Crippen MR) is 108 cm³/mol. The number of carbonyl (C=O) groups excluding carboxylic acids is 1. The summed E-state index contributed by atoms with van der Waals surface area (Å²) in [5.41, 5.74) is 3.26. The van der Waals surface area contributed by atoms with Crippen LogP contribution in [0.3, 0.4) is 0 Å². The second-order valence-electron chi connectivity index (χ2n) is 8.36. The molecule has 5 heteroatoms. The van der Waals surface area contributed by atoms with E-state index in [1.54, 1.807) is 0 Å². The highest BCUT2D eigenvalue weighted by Crippen LogP contribution is 2.27. The number of hydrogen-bond acceptors (Lipinski definition) is 3. The van der Waals surface area contributed by atoms with Crippen LogP contribution < -0.4 is 5.32 Å². The van der Waals surface area contributed by atoms with E-state index >= 15 is 0 Å². The number of nitrogens with zero attached hydrogens (tertiary/aromatic N) is 3. The van der Waals surface area contributed by atoms with E-state index in [9.17, 15) is 4.79 Å². The first-order chi connectivity index (χ1) is 13.1. The summed E-state index contributed by atoms with van der Waals surface area (Å²) < 4.78 is 2.10. The van der Waals surface area contributed by atoms with Gasteiger partial charge in [0.2, 0.25) is 5.91 Å². The Morgan fingerprint density at radius 3 is 2.63 bits per heavy atom. The van der Waals surface area contributed by atoms with Crippen molar-refractivity contribution in [3.05, 3.63) is 29.6 Å². The summed E-state index contributed by atoms with van der Waals surface area (Å²) in [5, 5.41) is 3.16. The molecule has 146 valence electrons. The summed E-state index contributed by atoms with van der Waals surface area (Å²) in [6.07, 6.45) is 8.87. The number of fused-ring (bicyclic) bond motifs is 1. The highest BCUT2D eigenvalue weighted by Gasteiger charge is 2.29. The first-order valence-electron chi connectivity index (χ1n) is 10.6. The highest BCUT2D eigenvalue weighted by molar-refractivity contribution is 5.79. The van der Waals surface area contributed by atoms with Crippen LogP contribution in [0, 0.1) is 12.8 Å². The third-order valence-corrected chi connectivity index (χ3v) is 6.63. The zero-order valence-electron chi connectivity index (χ0n) is 16.7. The van der Waals surface area contributed by atoms with Gasteiger partial charge >= 0.3 is 0 Å². The molecule has 1 saturated heterocycles. The molecule has 27 heavy (non-hydrogen) atoms. The average molecular weight is 369 g/mol. The van der Waals surface area contributed by atoms with Gasteiger partial charge in [-0.05, 0) is 63.4 Å². The van der Waals surface area contributed by atoms with Crippen molar-refractivity contribution in [3.63, 3.8) is 0 Å². The van der Waals surface area contributed by atoms with Crippen molar-refractivity contribution in [1.82, 2.24) is 19.8 Å². The molecule has 1 aromatic heterocycles. The van der Waals surface area contributed by atoms with Crippen LogP contribution in [0.15, 0.2) is 18.2 Å². The van der Waals surface area contributed by atoms with Gasteiger partial charge < -0.3 is 14.8 Å². The van der Waals surface area contributed by atoms with Crippen LogP contribution in [-0.4, -0.2) is 39.5 Å². The fourth-order valence-corrected chi connectivity index (χ4v) is 4.78. The first kappa shape index (κ1) is 18.5. The van der Waals surface area contributed by atoms with E-state index in [2.05, 4.69) is 38.0 Å². The molecular weight excluding hydrogens is 336 g/mol. The zero-order chi connectivity index (χ0) is 18.8. The number of hydrogen-bond donors (Lipinski definition) is 1. The lowest BCUT2D eigenvalue weighted by molar-refractivity contribution is -0.126. The average Bonchev–Trinajstić information content (AvgIpc) is 3.00. The van der Waals surface area contributed by atoms with Crippen molar-refractivity contribution in [1.29, 1.82) is 0 Å². The number of amides is 1. The maximum absolute atomic E-state index is 12.6. The summed E-state index contributed by atoms with van der Waals surface area (Å²) in [5.74, 6) is 1.40. The predicted octanol–water partition coefficient (Wildman–Crippen LogP) is 3.54. The van der Waals surface area contributed by atoms with Crippen molar-refractivity contribution in [2.75, 3.05) is 13.1 Å². The molecule has 0 atom stereocenters. The molecule has 1 saturated carbocycles. The van der Waals surface area contributed by atoms with Gasteiger partial charge in [-0.1, -0.05) is 25.3 Å². The topological polar surface area (TPSA) is 50.2 Å². The number of aromatic nitrogens is 2. The number of likely N-dealkylation sites (tertiary alicyclic amines) is 1. The Hall–Kier alpha value is -1.88. The number of imidazole rings is 1. The molecule has 2 heterocycles. The molecule has 1 amide bonds. The molecule has 4 rings (SSSR count). The van der Waals surface area contributed by atoms with E-state index in [4.69, 9.17) is 0 Å². The van der Waals surface area contributed by atoms with Gasteiger partial charge in [0.25, 0.3) is 0 Å². The zero-order valence-corrected chi connectivity index (χ0v) is 16.7. The third-order valence-electron chi connectivity index (χ3n) is 6.63. The summed E-state index contributed by atoms with van der Waals surface area (Å²) in [6.45, 7) is 4.78. The molecule has 0 bridgehead atoms. The van der Waals surface area contributed by atoms with Crippen molar-refractivity contribution in [2.24, 2.45) is 13.0 Å². The molecule has 0 unspecified atom stereocenters. The Labute approximate surface area is 162 Å². The molecule has 2 aromatic rings. The van der Waals surface area contributed by atoms with Crippen molar-refractivity contribution < 1.29 is 4.79 Å². The molecule has 2 fully saturated rings. The Kier molecular flexibility index (Phi) is 5.48. The van der Waals surface area contributed by atoms with Crippen LogP contribution in [0.4, 0.5) is 0 Å². The largest absolute Gasteiger partial charge is 0.352 e. The summed E-state index contributed by atoms with van der Waals surface area (Å²) in [7, 11) is 2.03. The van der Waals surface area contributed by atoms with Gasteiger partial charge in [-0.2, -0.15) is 0 Å². The van der Waals surface area contributed by atoms with Gasteiger partial charge in [-0.15, -0.1) is 0 Å². The van der Waals surface area contributed by atoms with E-state index in [1.165, 1.54) is 32.1 Å². The summed E-state index contributed by atoms with van der Waals surface area (Å²) >= 11 is 0. The lowest BCUT2D eigenvalue weighted by Gasteiger charge is -2.38. The number of rotatable bonds is 4. The number of aryl methyl sites for hydroxylation is 2. The second kappa shape index (κ2) is 8.01. The monoisotopic (exact) mass is 368 g/mol. The van der Waals surface area contributed by atoms with E-state index in [0.29, 0.717) is 6.54 Å². The van der Waals surface area contributed by atoms with Crippen LogP contribution in [0.2, 0.25) is 0 Å². The van der Waals surface area contributed by atoms with Gasteiger partial charge in [-0.25, -0.2) is 4.98 Å². The Balaban J connectivity index is 1.28. The molecule has 1 aliphatic carbocycles. The molecular formula is C22H32N4O. The highest BCUT2D eigenvalue weighted by atomic mass is 16.1. The molecule has 0 radical (unpaired) electrons. The SMILES string of the molecule is Cc1nc2cc(CNC(=O)C3CCN(C4CCCCC4)CC3)ccc2n1C. The van der Waals surface area contributed by atoms with E-state index < -0.39 is 0 Å². The summed E-state index contributed by atoms with van der Waals surface area (Å²) in [6, 6.07) is 7.06. The number of carbonyl (C=O) groups is 1.